The number of ether oxygens (including phenoxy) is 1. The summed E-state index contributed by atoms with van der Waals surface area (Å²) in [6.45, 7) is 0.586. The van der Waals surface area contributed by atoms with Gasteiger partial charge in [-0.05, 0) is 29.8 Å². The summed E-state index contributed by atoms with van der Waals surface area (Å²) in [6, 6.07) is 10.7. The Morgan fingerprint density at radius 1 is 1.27 bits per heavy atom. The number of benzene rings is 1. The van der Waals surface area contributed by atoms with E-state index in [0.717, 1.165) is 23.4 Å². The van der Waals surface area contributed by atoms with Gasteiger partial charge in [0.15, 0.2) is 0 Å². The Bertz CT molecular complexity index is 909. The van der Waals surface area contributed by atoms with Crippen molar-refractivity contribution in [1.29, 1.82) is 0 Å². The maximum atomic E-state index is 13.1. The average molecular weight is 349 g/mol. The number of imidazole rings is 1. The fourth-order valence-electron chi connectivity index (χ4n) is 3.31. The van der Waals surface area contributed by atoms with Gasteiger partial charge in [-0.2, -0.15) is 0 Å². The van der Waals surface area contributed by atoms with E-state index < -0.39 is 0 Å². The third-order valence-corrected chi connectivity index (χ3v) is 4.56. The Labute approximate surface area is 151 Å². The number of methoxy groups -OCH3 is 1. The predicted molar refractivity (Wildman–Crippen MR) is 97.1 cm³/mol. The number of hydrogen-bond donors (Lipinski definition) is 2. The van der Waals surface area contributed by atoms with Crippen LogP contribution < -0.4 is 10.1 Å². The van der Waals surface area contributed by atoms with Gasteiger partial charge in [-0.15, -0.1) is 0 Å². The molecule has 0 spiro atoms. The Hall–Kier alpha value is -3.35. The van der Waals surface area contributed by atoms with Crippen LogP contribution in [0.5, 0.6) is 5.75 Å². The summed E-state index contributed by atoms with van der Waals surface area (Å²) in [4.78, 5) is 26.6. The van der Waals surface area contributed by atoms with E-state index in [1.54, 1.807) is 30.7 Å². The molecule has 1 unspecified atom stereocenters. The van der Waals surface area contributed by atoms with Crippen LogP contribution in [0.15, 0.2) is 55.1 Å². The topological polar surface area (TPSA) is 83.1 Å². The highest BCUT2D eigenvalue weighted by Gasteiger charge is 2.34. The van der Waals surface area contributed by atoms with E-state index in [9.17, 15) is 4.79 Å². The molecule has 3 aromatic rings. The highest BCUT2D eigenvalue weighted by Crippen LogP contribution is 2.34. The molecule has 0 fully saturated rings. The van der Waals surface area contributed by atoms with Crippen molar-refractivity contribution in [2.24, 2.45) is 0 Å². The van der Waals surface area contributed by atoms with E-state index in [2.05, 4.69) is 20.3 Å². The summed E-state index contributed by atoms with van der Waals surface area (Å²) in [5.41, 5.74) is 3.55. The highest BCUT2D eigenvalue weighted by atomic mass is 16.5. The number of rotatable bonds is 3. The van der Waals surface area contributed by atoms with Crippen LogP contribution in [0.4, 0.5) is 10.5 Å². The molecule has 1 aliphatic heterocycles. The molecule has 7 nitrogen and oxygen atoms in total. The first-order chi connectivity index (χ1) is 12.8. The second-order valence-corrected chi connectivity index (χ2v) is 6.02. The van der Waals surface area contributed by atoms with Crippen molar-refractivity contribution in [1.82, 2.24) is 19.9 Å². The molecule has 2 aromatic heterocycles. The van der Waals surface area contributed by atoms with Gasteiger partial charge >= 0.3 is 6.03 Å². The highest BCUT2D eigenvalue weighted by molar-refractivity contribution is 5.91. The molecule has 26 heavy (non-hydrogen) atoms. The van der Waals surface area contributed by atoms with Crippen molar-refractivity contribution in [2.45, 2.75) is 12.5 Å². The van der Waals surface area contributed by atoms with Gasteiger partial charge in [0, 0.05) is 31.1 Å². The number of fused-ring (bicyclic) bond motifs is 1. The Morgan fingerprint density at radius 3 is 2.88 bits per heavy atom. The van der Waals surface area contributed by atoms with Gasteiger partial charge in [0.1, 0.15) is 11.8 Å². The van der Waals surface area contributed by atoms with Crippen molar-refractivity contribution in [3.05, 3.63) is 72.1 Å². The molecule has 7 heteroatoms. The lowest BCUT2D eigenvalue weighted by Gasteiger charge is -2.35. The molecule has 0 radical (unpaired) electrons. The zero-order valence-corrected chi connectivity index (χ0v) is 14.3. The molecule has 132 valence electrons. The minimum Gasteiger partial charge on any atom is -0.495 e. The molecule has 2 amide bonds. The number of urea groups is 1. The van der Waals surface area contributed by atoms with Crippen molar-refractivity contribution in [3.63, 3.8) is 0 Å². The zero-order chi connectivity index (χ0) is 17.9. The maximum Gasteiger partial charge on any atom is 0.322 e. The number of anilines is 1. The van der Waals surface area contributed by atoms with Crippen LogP contribution in [-0.4, -0.2) is 39.5 Å². The number of nitrogens with zero attached hydrogens (tertiary/aromatic N) is 3. The minimum atomic E-state index is -0.261. The van der Waals surface area contributed by atoms with E-state index in [1.165, 1.54) is 0 Å². The number of H-pyrrole nitrogens is 1. The summed E-state index contributed by atoms with van der Waals surface area (Å²) < 4.78 is 5.33. The molecular formula is C19H19N5O2. The van der Waals surface area contributed by atoms with Crippen LogP contribution in [0.2, 0.25) is 0 Å². The van der Waals surface area contributed by atoms with Gasteiger partial charge in [0.25, 0.3) is 0 Å². The largest absolute Gasteiger partial charge is 0.495 e. The van der Waals surface area contributed by atoms with Gasteiger partial charge in [0.2, 0.25) is 0 Å². The molecule has 0 aliphatic carbocycles. The van der Waals surface area contributed by atoms with E-state index in [4.69, 9.17) is 4.74 Å². The minimum absolute atomic E-state index is 0.190. The summed E-state index contributed by atoms with van der Waals surface area (Å²) >= 11 is 0. The lowest BCUT2D eigenvalue weighted by molar-refractivity contribution is 0.192. The van der Waals surface area contributed by atoms with Crippen LogP contribution in [-0.2, 0) is 6.42 Å². The standard InChI is InChI=1S/C19H19N5O2/c1-26-16-5-3-2-4-14(16)23-19(25)24-11-8-15-17(22-12-21-15)18(24)13-6-9-20-10-7-13/h2-7,9-10,12,18H,8,11H2,1H3,(H,21,22)(H,23,25). The van der Waals surface area contributed by atoms with E-state index >= 15 is 0 Å². The Morgan fingerprint density at radius 2 is 2.08 bits per heavy atom. The lowest BCUT2D eigenvalue weighted by Crippen LogP contribution is -2.43. The molecule has 0 saturated heterocycles. The monoisotopic (exact) mass is 349 g/mol. The fraction of sp³-hybridized carbons (Fsp3) is 0.211. The van der Waals surface area contributed by atoms with Gasteiger partial charge < -0.3 is 19.9 Å². The van der Waals surface area contributed by atoms with Gasteiger partial charge in [0.05, 0.1) is 24.8 Å². The number of nitrogens with one attached hydrogen (secondary N) is 2. The third kappa shape index (κ3) is 2.88. The van der Waals surface area contributed by atoms with Crippen molar-refractivity contribution >= 4 is 11.7 Å². The second-order valence-electron chi connectivity index (χ2n) is 6.02. The average Bonchev–Trinajstić information content (AvgIpc) is 3.17. The molecule has 1 atom stereocenters. The number of aromatic nitrogens is 3. The van der Waals surface area contributed by atoms with E-state index in [0.29, 0.717) is 18.0 Å². The molecular weight excluding hydrogens is 330 g/mol. The molecule has 4 rings (SSSR count). The van der Waals surface area contributed by atoms with Crippen LogP contribution in [0.3, 0.4) is 0 Å². The summed E-state index contributed by atoms with van der Waals surface area (Å²) in [6.07, 6.45) is 5.87. The molecule has 2 N–H and O–H groups in total. The lowest BCUT2D eigenvalue weighted by atomic mass is 9.97. The van der Waals surface area contributed by atoms with Gasteiger partial charge in [-0.3, -0.25) is 4.98 Å². The summed E-state index contributed by atoms with van der Waals surface area (Å²) in [7, 11) is 1.58. The number of carbonyl (C=O) groups is 1. The fourth-order valence-corrected chi connectivity index (χ4v) is 3.31. The third-order valence-electron chi connectivity index (χ3n) is 4.56. The van der Waals surface area contributed by atoms with Crippen LogP contribution in [0, 0.1) is 0 Å². The van der Waals surface area contributed by atoms with Crippen LogP contribution >= 0.6 is 0 Å². The Kier molecular flexibility index (Phi) is 4.27. The maximum absolute atomic E-state index is 13.1. The first kappa shape index (κ1) is 16.1. The molecule has 1 aliphatic rings. The zero-order valence-electron chi connectivity index (χ0n) is 14.3. The summed E-state index contributed by atoms with van der Waals surface area (Å²) in [5, 5.41) is 2.96. The number of aromatic amines is 1. The number of pyridine rings is 1. The van der Waals surface area contributed by atoms with Gasteiger partial charge in [-0.25, -0.2) is 9.78 Å². The van der Waals surface area contributed by atoms with Crippen molar-refractivity contribution in [2.75, 3.05) is 19.0 Å². The molecule has 0 bridgehead atoms. The normalized spacial score (nSPS) is 16.0. The number of para-hydroxylation sites is 2. The number of hydrogen-bond acceptors (Lipinski definition) is 4. The van der Waals surface area contributed by atoms with Crippen molar-refractivity contribution in [3.8, 4) is 5.75 Å². The first-order valence-corrected chi connectivity index (χ1v) is 8.40. The second kappa shape index (κ2) is 6.87. The quantitative estimate of drug-likeness (QED) is 0.761. The van der Waals surface area contributed by atoms with Crippen LogP contribution in [0.1, 0.15) is 23.0 Å². The van der Waals surface area contributed by atoms with Gasteiger partial charge in [-0.1, -0.05) is 12.1 Å². The first-order valence-electron chi connectivity index (χ1n) is 8.40. The smallest absolute Gasteiger partial charge is 0.322 e. The Balaban J connectivity index is 1.67. The SMILES string of the molecule is COc1ccccc1NC(=O)N1CCc2[nH]cnc2C1c1ccncc1. The number of carbonyl (C=O) groups excluding carboxylic acids is 1. The summed E-state index contributed by atoms with van der Waals surface area (Å²) in [5.74, 6) is 0.624. The van der Waals surface area contributed by atoms with E-state index in [1.807, 2.05) is 36.4 Å². The van der Waals surface area contributed by atoms with E-state index in [-0.39, 0.29) is 12.1 Å². The predicted octanol–water partition coefficient (Wildman–Crippen LogP) is 2.99. The number of amides is 2. The molecule has 1 aromatic carbocycles. The molecule has 0 saturated carbocycles. The van der Waals surface area contributed by atoms with Crippen LogP contribution in [0.25, 0.3) is 0 Å². The van der Waals surface area contributed by atoms with Crippen molar-refractivity contribution < 1.29 is 9.53 Å². The molecule has 3 heterocycles.